The highest BCUT2D eigenvalue weighted by Gasteiger charge is 2.27. The minimum atomic E-state index is -3.42. The highest BCUT2D eigenvalue weighted by atomic mass is 32.2. The fourth-order valence-corrected chi connectivity index (χ4v) is 4.53. The number of carbonyl (C=O) groups is 1. The molecule has 1 amide bonds. The first-order valence-corrected chi connectivity index (χ1v) is 11.3. The van der Waals surface area contributed by atoms with Gasteiger partial charge in [-0.3, -0.25) is 4.79 Å². The number of nitrogens with one attached hydrogen (secondary N) is 1. The molecule has 0 unspecified atom stereocenters. The Bertz CT molecular complexity index is 883. The van der Waals surface area contributed by atoms with Crippen molar-refractivity contribution in [2.75, 3.05) is 43.4 Å². The van der Waals surface area contributed by atoms with Crippen LogP contribution in [0.4, 0.5) is 5.69 Å². The molecule has 1 aliphatic heterocycles. The first-order valence-electron chi connectivity index (χ1n) is 9.73. The lowest BCUT2D eigenvalue weighted by atomic mass is 10.2. The van der Waals surface area contributed by atoms with Crippen molar-refractivity contribution in [2.45, 2.75) is 13.0 Å². The maximum Gasteiger partial charge on any atom is 0.260 e. The molecule has 29 heavy (non-hydrogen) atoms. The van der Waals surface area contributed by atoms with Crippen molar-refractivity contribution in [3.63, 3.8) is 0 Å². The third-order valence-corrected chi connectivity index (χ3v) is 6.71. The van der Waals surface area contributed by atoms with Gasteiger partial charge in [0.25, 0.3) is 5.91 Å². The van der Waals surface area contributed by atoms with Crippen LogP contribution in [0.5, 0.6) is 5.75 Å². The first-order chi connectivity index (χ1) is 14.0. The van der Waals surface area contributed by atoms with E-state index in [9.17, 15) is 13.2 Å². The van der Waals surface area contributed by atoms with E-state index in [0.717, 1.165) is 5.69 Å². The fraction of sp³-hybridized carbons (Fsp3) is 0.381. The van der Waals surface area contributed by atoms with Crippen molar-refractivity contribution in [1.29, 1.82) is 0 Å². The zero-order chi connectivity index (χ0) is 20.7. The van der Waals surface area contributed by atoms with E-state index in [1.165, 1.54) is 4.31 Å². The average Bonchev–Trinajstić information content (AvgIpc) is 2.75. The molecule has 0 aliphatic carbocycles. The van der Waals surface area contributed by atoms with Crippen molar-refractivity contribution in [1.82, 2.24) is 9.62 Å². The van der Waals surface area contributed by atoms with Crippen molar-refractivity contribution in [3.05, 3.63) is 60.7 Å². The molecule has 1 aliphatic rings. The van der Waals surface area contributed by atoms with Crippen LogP contribution >= 0.6 is 0 Å². The van der Waals surface area contributed by atoms with E-state index in [1.54, 1.807) is 19.1 Å². The molecule has 0 saturated carbocycles. The van der Waals surface area contributed by atoms with E-state index in [4.69, 9.17) is 4.74 Å². The predicted octanol–water partition coefficient (Wildman–Crippen LogP) is 1.72. The summed E-state index contributed by atoms with van der Waals surface area (Å²) < 4.78 is 32.2. The van der Waals surface area contributed by atoms with Crippen LogP contribution in [-0.2, 0) is 14.8 Å². The maximum absolute atomic E-state index is 12.6. The van der Waals surface area contributed by atoms with Gasteiger partial charge in [-0.25, -0.2) is 8.42 Å². The molecule has 1 fully saturated rings. The van der Waals surface area contributed by atoms with E-state index >= 15 is 0 Å². The van der Waals surface area contributed by atoms with E-state index in [-0.39, 0.29) is 18.2 Å². The highest BCUT2D eigenvalue weighted by molar-refractivity contribution is 7.89. The van der Waals surface area contributed by atoms with Gasteiger partial charge in [0.15, 0.2) is 6.10 Å². The Morgan fingerprint density at radius 1 is 1.00 bits per heavy atom. The SMILES string of the molecule is C[C@@H](Oc1ccccc1)C(=O)NCCS(=O)(=O)N1CCN(c2ccccc2)CC1. The topological polar surface area (TPSA) is 78.9 Å². The molecule has 1 heterocycles. The summed E-state index contributed by atoms with van der Waals surface area (Å²) in [6.45, 7) is 3.88. The number of ether oxygens (including phenoxy) is 1. The number of sulfonamides is 1. The summed E-state index contributed by atoms with van der Waals surface area (Å²) in [6, 6.07) is 19.0. The lowest BCUT2D eigenvalue weighted by Gasteiger charge is -2.35. The van der Waals surface area contributed by atoms with E-state index in [1.807, 2.05) is 48.5 Å². The number of piperazine rings is 1. The molecular formula is C21H27N3O4S. The van der Waals surface area contributed by atoms with Gasteiger partial charge in [-0.05, 0) is 31.2 Å². The quantitative estimate of drug-likeness (QED) is 0.708. The van der Waals surface area contributed by atoms with Crippen molar-refractivity contribution >= 4 is 21.6 Å². The lowest BCUT2D eigenvalue weighted by molar-refractivity contribution is -0.127. The Kier molecular flexibility index (Phi) is 7.11. The molecular weight excluding hydrogens is 390 g/mol. The number of nitrogens with zero attached hydrogens (tertiary/aromatic N) is 2. The monoisotopic (exact) mass is 417 g/mol. The van der Waals surface area contributed by atoms with Gasteiger partial charge in [-0.1, -0.05) is 36.4 Å². The van der Waals surface area contributed by atoms with E-state index < -0.39 is 16.1 Å². The Balaban J connectivity index is 1.42. The maximum atomic E-state index is 12.6. The normalized spacial score (nSPS) is 16.2. The van der Waals surface area contributed by atoms with Crippen LogP contribution in [0, 0.1) is 0 Å². The predicted molar refractivity (Wildman–Crippen MR) is 114 cm³/mol. The van der Waals surface area contributed by atoms with Crippen LogP contribution in [0.25, 0.3) is 0 Å². The summed E-state index contributed by atoms with van der Waals surface area (Å²) in [5.74, 6) is 0.138. The van der Waals surface area contributed by atoms with Crippen molar-refractivity contribution < 1.29 is 17.9 Å². The summed E-state index contributed by atoms with van der Waals surface area (Å²) in [6.07, 6.45) is -0.700. The Morgan fingerprint density at radius 3 is 2.21 bits per heavy atom. The summed E-state index contributed by atoms with van der Waals surface area (Å²) in [7, 11) is -3.42. The molecule has 2 aromatic carbocycles. The Labute approximate surface area is 172 Å². The van der Waals surface area contributed by atoms with Crippen molar-refractivity contribution in [3.8, 4) is 5.75 Å². The van der Waals surface area contributed by atoms with Crippen molar-refractivity contribution in [2.24, 2.45) is 0 Å². The Morgan fingerprint density at radius 2 is 1.59 bits per heavy atom. The van der Waals surface area contributed by atoms with Gasteiger partial charge in [-0.2, -0.15) is 4.31 Å². The number of hydrogen-bond acceptors (Lipinski definition) is 5. The van der Waals surface area contributed by atoms with E-state index in [2.05, 4.69) is 10.2 Å². The largest absolute Gasteiger partial charge is 0.481 e. The molecule has 1 N–H and O–H groups in total. The number of benzene rings is 2. The zero-order valence-electron chi connectivity index (χ0n) is 16.5. The standard InChI is InChI=1S/C21H27N3O4S/c1-18(28-20-10-6-3-7-11-20)21(25)22-12-17-29(26,27)24-15-13-23(14-16-24)19-8-4-2-5-9-19/h2-11,18H,12-17H2,1H3,(H,22,25)/t18-/m1/s1. The number of hydrogen-bond donors (Lipinski definition) is 1. The Hall–Kier alpha value is -2.58. The third kappa shape index (κ3) is 5.95. The second kappa shape index (κ2) is 9.76. The van der Waals surface area contributed by atoms with Gasteiger partial charge in [0.05, 0.1) is 5.75 Å². The molecule has 1 atom stereocenters. The fourth-order valence-electron chi connectivity index (χ4n) is 3.20. The van der Waals surface area contributed by atoms with Gasteiger partial charge >= 0.3 is 0 Å². The summed E-state index contributed by atoms with van der Waals surface area (Å²) in [5, 5.41) is 2.65. The minimum absolute atomic E-state index is 0.0581. The molecule has 3 rings (SSSR count). The molecule has 0 spiro atoms. The van der Waals surface area contributed by atoms with Crippen LogP contribution in [0.3, 0.4) is 0 Å². The molecule has 1 saturated heterocycles. The second-order valence-corrected chi connectivity index (χ2v) is 8.99. The first kappa shape index (κ1) is 21.1. The van der Waals surface area contributed by atoms with Gasteiger partial charge < -0.3 is 15.0 Å². The van der Waals surface area contributed by atoms with Gasteiger partial charge in [-0.15, -0.1) is 0 Å². The molecule has 2 aromatic rings. The summed E-state index contributed by atoms with van der Waals surface area (Å²) in [5.41, 5.74) is 1.10. The van der Waals surface area contributed by atoms with E-state index in [0.29, 0.717) is 31.9 Å². The zero-order valence-corrected chi connectivity index (χ0v) is 17.3. The number of rotatable bonds is 8. The molecule has 0 bridgehead atoms. The summed E-state index contributed by atoms with van der Waals surface area (Å²) >= 11 is 0. The minimum Gasteiger partial charge on any atom is -0.481 e. The van der Waals surface area contributed by atoms with Crippen LogP contribution in [0.1, 0.15) is 6.92 Å². The van der Waals surface area contributed by atoms with Gasteiger partial charge in [0.2, 0.25) is 10.0 Å². The lowest BCUT2D eigenvalue weighted by Crippen LogP contribution is -2.50. The number of carbonyl (C=O) groups excluding carboxylic acids is 1. The molecule has 0 aromatic heterocycles. The summed E-state index contributed by atoms with van der Waals surface area (Å²) in [4.78, 5) is 14.3. The number of anilines is 1. The molecule has 8 heteroatoms. The van der Waals surface area contributed by atoms with Crippen LogP contribution < -0.4 is 15.0 Å². The number of amides is 1. The molecule has 0 radical (unpaired) electrons. The van der Waals surface area contributed by atoms with Crippen LogP contribution in [0.2, 0.25) is 0 Å². The molecule has 156 valence electrons. The second-order valence-electron chi connectivity index (χ2n) is 6.90. The van der Waals surface area contributed by atoms with Crippen LogP contribution in [-0.4, -0.2) is 63.2 Å². The number of para-hydroxylation sites is 2. The average molecular weight is 418 g/mol. The van der Waals surface area contributed by atoms with Gasteiger partial charge in [0.1, 0.15) is 5.75 Å². The highest BCUT2D eigenvalue weighted by Crippen LogP contribution is 2.17. The molecule has 7 nitrogen and oxygen atoms in total. The van der Waals surface area contributed by atoms with Crippen LogP contribution in [0.15, 0.2) is 60.7 Å². The third-order valence-electron chi connectivity index (χ3n) is 4.84. The van der Waals surface area contributed by atoms with Gasteiger partial charge in [0, 0.05) is 38.4 Å². The smallest absolute Gasteiger partial charge is 0.260 e.